The number of hydrogen-bond acceptors (Lipinski definition) is 2. The molecule has 4 heteroatoms. The maximum Gasteiger partial charge on any atom is 0.0826 e. The van der Waals surface area contributed by atoms with Crippen molar-refractivity contribution in [3.05, 3.63) is 123 Å². The number of nitrogens with zero attached hydrogens (tertiary/aromatic N) is 2. The number of hydrogen-bond donors (Lipinski definition) is 0. The fourth-order valence-corrected chi connectivity index (χ4v) is 6.85. The Bertz CT molecular complexity index is 1430. The molecule has 0 radical (unpaired) electrons. The summed E-state index contributed by atoms with van der Waals surface area (Å²) in [5.74, 6) is 0.689. The van der Waals surface area contributed by atoms with E-state index in [0.29, 0.717) is 16.0 Å². The quantitative estimate of drug-likeness (QED) is 0.224. The largest absolute Gasteiger partial charge is 0.356 e. The van der Waals surface area contributed by atoms with E-state index in [1.54, 1.807) is 0 Å². The van der Waals surface area contributed by atoms with Crippen LogP contribution in [-0.2, 0) is 6.42 Å². The van der Waals surface area contributed by atoms with Crippen LogP contribution in [0.15, 0.2) is 91.0 Å². The minimum Gasteiger partial charge on any atom is -0.356 e. The smallest absolute Gasteiger partial charge is 0.0826 e. The molecule has 1 unspecified atom stereocenters. The third-order valence-corrected chi connectivity index (χ3v) is 9.41. The van der Waals surface area contributed by atoms with Crippen molar-refractivity contribution in [1.82, 2.24) is 4.90 Å². The van der Waals surface area contributed by atoms with Crippen LogP contribution in [0.1, 0.15) is 66.8 Å². The van der Waals surface area contributed by atoms with Crippen molar-refractivity contribution < 1.29 is 0 Å². The van der Waals surface area contributed by atoms with E-state index >= 15 is 0 Å². The van der Waals surface area contributed by atoms with Crippen LogP contribution in [0.3, 0.4) is 0 Å². The molecule has 200 valence electrons. The molecule has 2 nitrogen and oxygen atoms in total. The van der Waals surface area contributed by atoms with Crippen LogP contribution < -0.4 is 4.90 Å². The number of benzene rings is 4. The second-order valence-electron chi connectivity index (χ2n) is 11.0. The van der Waals surface area contributed by atoms with Gasteiger partial charge in [-0.2, -0.15) is 0 Å². The summed E-state index contributed by atoms with van der Waals surface area (Å²) in [4.78, 5) is 4.94. The molecule has 1 saturated carbocycles. The first kappa shape index (κ1) is 26.4. The summed E-state index contributed by atoms with van der Waals surface area (Å²) in [5.41, 5.74) is 9.10. The van der Waals surface area contributed by atoms with Gasteiger partial charge in [-0.1, -0.05) is 116 Å². The average molecular weight is 556 g/mol. The first-order valence-corrected chi connectivity index (χ1v) is 15.1. The molecule has 0 N–H and O–H groups in total. The highest BCUT2D eigenvalue weighted by Crippen LogP contribution is 2.40. The molecule has 2 fully saturated rings. The van der Waals surface area contributed by atoms with Gasteiger partial charge in [-0.3, -0.25) is 4.90 Å². The van der Waals surface area contributed by atoms with E-state index in [9.17, 15) is 0 Å². The minimum absolute atomic E-state index is 0.157. The summed E-state index contributed by atoms with van der Waals surface area (Å²) in [7, 11) is 0. The Morgan fingerprint density at radius 1 is 0.769 bits per heavy atom. The van der Waals surface area contributed by atoms with Crippen LogP contribution in [0.2, 0.25) is 10.0 Å². The SMILES string of the molecule is CCc1ccc(-c2cccc(C(c3cccc(C4CCCC4)c3)N3CCN(c4cccc(Cl)c4Cl)C3)c2)cc1. The Morgan fingerprint density at radius 3 is 2.26 bits per heavy atom. The van der Waals surface area contributed by atoms with Gasteiger partial charge in [0.15, 0.2) is 0 Å². The summed E-state index contributed by atoms with van der Waals surface area (Å²) < 4.78 is 0. The van der Waals surface area contributed by atoms with Crippen molar-refractivity contribution in [2.24, 2.45) is 0 Å². The van der Waals surface area contributed by atoms with Gasteiger partial charge >= 0.3 is 0 Å². The lowest BCUT2D eigenvalue weighted by Crippen LogP contribution is -2.30. The van der Waals surface area contributed by atoms with E-state index in [2.05, 4.69) is 95.6 Å². The fraction of sp³-hybridized carbons (Fsp3) is 0.314. The molecule has 0 spiro atoms. The Hall–Kier alpha value is -2.78. The van der Waals surface area contributed by atoms with E-state index in [4.69, 9.17) is 23.2 Å². The summed E-state index contributed by atoms with van der Waals surface area (Å²) in [6.07, 6.45) is 6.36. The highest BCUT2D eigenvalue weighted by Gasteiger charge is 2.31. The Kier molecular flexibility index (Phi) is 7.97. The summed E-state index contributed by atoms with van der Waals surface area (Å²) >= 11 is 13.0. The molecule has 1 heterocycles. The fourth-order valence-electron chi connectivity index (χ4n) is 6.43. The number of anilines is 1. The Labute approximate surface area is 243 Å². The molecule has 6 rings (SSSR count). The predicted molar refractivity (Wildman–Crippen MR) is 166 cm³/mol. The van der Waals surface area contributed by atoms with Crippen molar-refractivity contribution in [2.75, 3.05) is 24.7 Å². The minimum atomic E-state index is 0.157. The molecule has 2 aliphatic rings. The lowest BCUT2D eigenvalue weighted by Gasteiger charge is -2.30. The van der Waals surface area contributed by atoms with Crippen molar-refractivity contribution in [1.29, 1.82) is 0 Å². The zero-order valence-electron chi connectivity index (χ0n) is 22.6. The summed E-state index contributed by atoms with van der Waals surface area (Å²) in [6.45, 7) is 4.87. The molecule has 1 atom stereocenters. The van der Waals surface area contributed by atoms with Crippen molar-refractivity contribution in [2.45, 2.75) is 51.0 Å². The first-order valence-electron chi connectivity index (χ1n) is 14.3. The van der Waals surface area contributed by atoms with Crippen molar-refractivity contribution in [3.63, 3.8) is 0 Å². The van der Waals surface area contributed by atoms with Gasteiger partial charge in [0.1, 0.15) is 0 Å². The zero-order valence-corrected chi connectivity index (χ0v) is 24.1. The van der Waals surface area contributed by atoms with Crippen LogP contribution in [-0.4, -0.2) is 24.7 Å². The van der Waals surface area contributed by atoms with Gasteiger partial charge in [0.25, 0.3) is 0 Å². The standard InChI is InChI=1S/C35H36Cl2N2/c1-2-25-16-18-27(19-17-25)29-11-6-13-31(23-29)35(30-12-5-10-28(22-30)26-8-3-4-9-26)39-21-20-38(24-39)33-15-7-14-32(36)34(33)37/h5-7,10-19,22-23,26,35H,2-4,8-9,20-21,24H2,1H3. The lowest BCUT2D eigenvalue weighted by molar-refractivity contribution is 0.283. The topological polar surface area (TPSA) is 6.48 Å². The van der Waals surface area contributed by atoms with Crippen LogP contribution in [0.25, 0.3) is 11.1 Å². The first-order chi connectivity index (χ1) is 19.1. The van der Waals surface area contributed by atoms with Gasteiger partial charge in [0, 0.05) is 13.1 Å². The molecule has 4 aromatic rings. The van der Waals surface area contributed by atoms with Crippen LogP contribution in [0.4, 0.5) is 5.69 Å². The zero-order chi connectivity index (χ0) is 26.8. The maximum atomic E-state index is 6.65. The molecule has 0 amide bonds. The summed E-state index contributed by atoms with van der Waals surface area (Å²) in [5, 5.41) is 1.24. The van der Waals surface area contributed by atoms with E-state index in [0.717, 1.165) is 31.9 Å². The van der Waals surface area contributed by atoms with Crippen molar-refractivity contribution >= 4 is 28.9 Å². The molecule has 0 bridgehead atoms. The summed E-state index contributed by atoms with van der Waals surface area (Å²) in [6, 6.07) is 33.6. The molecule has 1 aliphatic carbocycles. The highest BCUT2D eigenvalue weighted by atomic mass is 35.5. The molecular formula is C35H36Cl2N2. The molecule has 1 aliphatic heterocycles. The van der Waals surface area contributed by atoms with Crippen LogP contribution in [0.5, 0.6) is 0 Å². The number of halogens is 2. The maximum absolute atomic E-state index is 6.65. The molecule has 39 heavy (non-hydrogen) atoms. The number of rotatable bonds is 7. The Morgan fingerprint density at radius 2 is 1.49 bits per heavy atom. The lowest BCUT2D eigenvalue weighted by atomic mass is 9.90. The van der Waals surface area contributed by atoms with Crippen LogP contribution in [0, 0.1) is 0 Å². The van der Waals surface area contributed by atoms with Gasteiger partial charge in [-0.15, -0.1) is 0 Å². The van der Waals surface area contributed by atoms with E-state index in [1.807, 2.05) is 12.1 Å². The molecule has 4 aromatic carbocycles. The monoisotopic (exact) mass is 554 g/mol. The average Bonchev–Trinajstić information content (AvgIpc) is 3.69. The molecule has 1 saturated heterocycles. The second kappa shape index (κ2) is 11.8. The van der Waals surface area contributed by atoms with E-state index in [-0.39, 0.29) is 6.04 Å². The van der Waals surface area contributed by atoms with E-state index < -0.39 is 0 Å². The third kappa shape index (κ3) is 5.61. The normalized spacial score (nSPS) is 17.2. The van der Waals surface area contributed by atoms with Crippen molar-refractivity contribution in [3.8, 4) is 11.1 Å². The molecule has 0 aromatic heterocycles. The van der Waals surface area contributed by atoms with Gasteiger partial charge in [-0.25, -0.2) is 0 Å². The number of aryl methyl sites for hydroxylation is 1. The third-order valence-electron chi connectivity index (χ3n) is 8.60. The van der Waals surface area contributed by atoms with Gasteiger partial charge in [-0.05, 0) is 76.8 Å². The predicted octanol–water partition coefficient (Wildman–Crippen LogP) is 9.75. The van der Waals surface area contributed by atoms with Gasteiger partial charge in [0.2, 0.25) is 0 Å². The Balaban J connectivity index is 1.37. The molecular weight excluding hydrogens is 519 g/mol. The second-order valence-corrected chi connectivity index (χ2v) is 11.8. The van der Waals surface area contributed by atoms with Gasteiger partial charge < -0.3 is 4.90 Å². The van der Waals surface area contributed by atoms with Crippen LogP contribution >= 0.6 is 23.2 Å². The van der Waals surface area contributed by atoms with E-state index in [1.165, 1.54) is 59.1 Å². The van der Waals surface area contributed by atoms with Gasteiger partial charge in [0.05, 0.1) is 28.4 Å². The highest BCUT2D eigenvalue weighted by molar-refractivity contribution is 6.43.